The maximum Gasteiger partial charge on any atom is 0.204 e. The summed E-state index contributed by atoms with van der Waals surface area (Å²) < 4.78 is 2.13. The molecule has 0 bridgehead atoms. The normalized spacial score (nSPS) is 12.8. The third-order valence-corrected chi connectivity index (χ3v) is 3.94. The minimum atomic E-state index is 0.728. The Labute approximate surface area is 109 Å². The van der Waals surface area contributed by atoms with E-state index in [0.717, 1.165) is 24.3 Å². The molecule has 1 atom stereocenters. The van der Waals surface area contributed by atoms with Crippen LogP contribution in [0.3, 0.4) is 0 Å². The number of thioether (sulfide) groups is 1. The van der Waals surface area contributed by atoms with E-state index in [4.69, 9.17) is 0 Å². The minimum absolute atomic E-state index is 0.728. The van der Waals surface area contributed by atoms with Crippen LogP contribution in [-0.2, 0) is 13.6 Å². The van der Waals surface area contributed by atoms with E-state index in [9.17, 15) is 0 Å². The summed E-state index contributed by atoms with van der Waals surface area (Å²) in [6, 6.07) is 0. The Morgan fingerprint density at radius 2 is 2.24 bits per heavy atom. The number of aromatic nitrogens is 2. The van der Waals surface area contributed by atoms with Crippen LogP contribution in [-0.4, -0.2) is 41.7 Å². The lowest BCUT2D eigenvalue weighted by molar-refractivity contribution is 0.624. The lowest BCUT2D eigenvalue weighted by Crippen LogP contribution is -2.20. The Hall–Kier alpha value is -0.680. The number of nitrogens with one attached hydrogen (secondary N) is 1. The maximum atomic E-state index is 4.39. The molecule has 0 aromatic carbocycles. The average Bonchev–Trinajstić information content (AvgIpc) is 2.66. The van der Waals surface area contributed by atoms with Crippen molar-refractivity contribution in [2.75, 3.05) is 31.8 Å². The van der Waals surface area contributed by atoms with Crippen molar-refractivity contribution in [3.8, 4) is 0 Å². The van der Waals surface area contributed by atoms with Crippen molar-refractivity contribution < 1.29 is 0 Å². The van der Waals surface area contributed by atoms with Gasteiger partial charge in [0.2, 0.25) is 5.95 Å². The largest absolute Gasteiger partial charge is 0.348 e. The third kappa shape index (κ3) is 4.24. The summed E-state index contributed by atoms with van der Waals surface area (Å²) in [5, 5.41) is 4.20. The molecule has 5 heteroatoms. The zero-order chi connectivity index (χ0) is 12.8. The molecule has 1 unspecified atom stereocenters. The molecule has 1 N–H and O–H groups in total. The van der Waals surface area contributed by atoms with Crippen LogP contribution in [0.15, 0.2) is 6.20 Å². The van der Waals surface area contributed by atoms with Gasteiger partial charge in [0, 0.05) is 32.9 Å². The van der Waals surface area contributed by atoms with Crippen molar-refractivity contribution in [1.82, 2.24) is 14.9 Å². The van der Waals surface area contributed by atoms with Crippen molar-refractivity contribution in [3.63, 3.8) is 0 Å². The van der Waals surface area contributed by atoms with Crippen LogP contribution in [0.5, 0.6) is 0 Å². The molecule has 0 aliphatic carbocycles. The second-order valence-electron chi connectivity index (χ2n) is 4.51. The first kappa shape index (κ1) is 14.4. The van der Waals surface area contributed by atoms with Gasteiger partial charge < -0.3 is 14.8 Å². The summed E-state index contributed by atoms with van der Waals surface area (Å²) >= 11 is 1.92. The van der Waals surface area contributed by atoms with Gasteiger partial charge in [-0.05, 0) is 19.2 Å². The fourth-order valence-electron chi connectivity index (χ4n) is 1.65. The Morgan fingerprint density at radius 1 is 1.53 bits per heavy atom. The quantitative estimate of drug-likeness (QED) is 0.753. The fourth-order valence-corrected chi connectivity index (χ4v) is 2.01. The minimum Gasteiger partial charge on any atom is -0.348 e. The second kappa shape index (κ2) is 6.91. The van der Waals surface area contributed by atoms with E-state index in [-0.39, 0.29) is 0 Å². The van der Waals surface area contributed by atoms with Crippen molar-refractivity contribution >= 4 is 17.7 Å². The van der Waals surface area contributed by atoms with Crippen molar-refractivity contribution in [1.29, 1.82) is 0 Å². The van der Waals surface area contributed by atoms with Gasteiger partial charge in [-0.2, -0.15) is 11.8 Å². The molecule has 1 rings (SSSR count). The summed E-state index contributed by atoms with van der Waals surface area (Å²) in [4.78, 5) is 6.42. The van der Waals surface area contributed by atoms with Gasteiger partial charge in [0.25, 0.3) is 0 Å². The van der Waals surface area contributed by atoms with Crippen LogP contribution in [0.1, 0.15) is 19.0 Å². The number of hydrogen-bond acceptors (Lipinski definition) is 4. The summed E-state index contributed by atoms with van der Waals surface area (Å²) in [6.07, 6.45) is 5.31. The standard InChI is InChI=1S/C12H24N4S/c1-10(17-5)6-7-13-8-11-9-14-12(15(2)3)16(11)4/h9-10,13H,6-8H2,1-5H3. The lowest BCUT2D eigenvalue weighted by Gasteiger charge is -2.13. The molecule has 0 radical (unpaired) electrons. The van der Waals surface area contributed by atoms with E-state index in [1.165, 1.54) is 12.1 Å². The van der Waals surface area contributed by atoms with Crippen LogP contribution < -0.4 is 10.2 Å². The van der Waals surface area contributed by atoms with E-state index in [1.54, 1.807) is 0 Å². The highest BCUT2D eigenvalue weighted by Crippen LogP contribution is 2.11. The van der Waals surface area contributed by atoms with Gasteiger partial charge in [-0.3, -0.25) is 0 Å². The van der Waals surface area contributed by atoms with E-state index in [0.29, 0.717) is 0 Å². The summed E-state index contributed by atoms with van der Waals surface area (Å²) in [5.41, 5.74) is 1.23. The van der Waals surface area contributed by atoms with Crippen molar-refractivity contribution in [2.24, 2.45) is 7.05 Å². The Balaban J connectivity index is 2.37. The summed E-state index contributed by atoms with van der Waals surface area (Å²) in [5.74, 6) is 0.999. The molecule has 98 valence electrons. The first-order valence-corrected chi connectivity index (χ1v) is 7.26. The number of anilines is 1. The molecule has 1 heterocycles. The molecule has 0 aliphatic heterocycles. The molecular weight excluding hydrogens is 232 g/mol. The lowest BCUT2D eigenvalue weighted by atomic mass is 10.3. The highest BCUT2D eigenvalue weighted by Gasteiger charge is 2.07. The maximum absolute atomic E-state index is 4.39. The summed E-state index contributed by atoms with van der Waals surface area (Å²) in [7, 11) is 6.09. The van der Waals surface area contributed by atoms with Crippen molar-refractivity contribution in [2.45, 2.75) is 25.1 Å². The molecule has 4 nitrogen and oxygen atoms in total. The Bertz CT molecular complexity index is 335. The molecule has 0 saturated heterocycles. The van der Waals surface area contributed by atoms with E-state index >= 15 is 0 Å². The Morgan fingerprint density at radius 3 is 2.76 bits per heavy atom. The molecule has 0 spiro atoms. The number of hydrogen-bond donors (Lipinski definition) is 1. The van der Waals surface area contributed by atoms with Gasteiger partial charge in [-0.15, -0.1) is 0 Å². The van der Waals surface area contributed by atoms with Crippen LogP contribution in [0.2, 0.25) is 0 Å². The number of nitrogens with zero attached hydrogens (tertiary/aromatic N) is 3. The molecule has 0 fully saturated rings. The predicted octanol–water partition coefficient (Wildman–Crippen LogP) is 1.72. The van der Waals surface area contributed by atoms with E-state index in [2.05, 4.69) is 35.1 Å². The van der Waals surface area contributed by atoms with Gasteiger partial charge in [-0.25, -0.2) is 4.98 Å². The van der Waals surface area contributed by atoms with Gasteiger partial charge in [-0.1, -0.05) is 6.92 Å². The van der Waals surface area contributed by atoms with Gasteiger partial charge >= 0.3 is 0 Å². The zero-order valence-corrected chi connectivity index (χ0v) is 12.3. The van der Waals surface area contributed by atoms with Crippen LogP contribution in [0.25, 0.3) is 0 Å². The molecule has 17 heavy (non-hydrogen) atoms. The molecule has 1 aromatic heterocycles. The first-order valence-electron chi connectivity index (χ1n) is 5.97. The third-order valence-electron chi connectivity index (χ3n) is 2.90. The van der Waals surface area contributed by atoms with Crippen LogP contribution in [0, 0.1) is 0 Å². The molecule has 0 amide bonds. The molecule has 1 aromatic rings. The van der Waals surface area contributed by atoms with Gasteiger partial charge in [0.05, 0.1) is 11.9 Å². The van der Waals surface area contributed by atoms with E-state index in [1.807, 2.05) is 37.0 Å². The average molecular weight is 256 g/mol. The highest BCUT2D eigenvalue weighted by atomic mass is 32.2. The van der Waals surface area contributed by atoms with E-state index < -0.39 is 0 Å². The Kier molecular flexibility index (Phi) is 5.85. The zero-order valence-electron chi connectivity index (χ0n) is 11.5. The van der Waals surface area contributed by atoms with Gasteiger partial charge in [0.15, 0.2) is 0 Å². The number of rotatable bonds is 7. The predicted molar refractivity (Wildman–Crippen MR) is 76.8 cm³/mol. The topological polar surface area (TPSA) is 33.1 Å². The van der Waals surface area contributed by atoms with Crippen LogP contribution >= 0.6 is 11.8 Å². The molecule has 0 aliphatic rings. The second-order valence-corrected chi connectivity index (χ2v) is 5.79. The SMILES string of the molecule is CSC(C)CCNCc1cnc(N(C)C)n1C. The van der Waals surface area contributed by atoms with Gasteiger partial charge in [0.1, 0.15) is 0 Å². The monoisotopic (exact) mass is 256 g/mol. The molecular formula is C12H24N4S. The number of imidazole rings is 1. The fraction of sp³-hybridized carbons (Fsp3) is 0.750. The van der Waals surface area contributed by atoms with Crippen LogP contribution in [0.4, 0.5) is 5.95 Å². The summed E-state index contributed by atoms with van der Waals surface area (Å²) in [6.45, 7) is 4.21. The molecule has 0 saturated carbocycles. The highest BCUT2D eigenvalue weighted by molar-refractivity contribution is 7.99. The van der Waals surface area contributed by atoms with Crippen molar-refractivity contribution in [3.05, 3.63) is 11.9 Å². The first-order chi connectivity index (χ1) is 8.06. The smallest absolute Gasteiger partial charge is 0.204 e.